The topological polar surface area (TPSA) is 46.2 Å². The first kappa shape index (κ1) is 16.3. The Labute approximate surface area is 122 Å². The van der Waals surface area contributed by atoms with Gasteiger partial charge in [0.25, 0.3) is 0 Å². The third-order valence-corrected chi connectivity index (χ3v) is 4.67. The summed E-state index contributed by atoms with van der Waals surface area (Å²) < 4.78 is 40.0. The highest BCUT2D eigenvalue weighted by Crippen LogP contribution is 2.29. The van der Waals surface area contributed by atoms with Gasteiger partial charge in [0, 0.05) is 0 Å². The number of halogens is 3. The van der Waals surface area contributed by atoms with Crippen LogP contribution in [0.5, 0.6) is 0 Å². The maximum Gasteiger partial charge on any atom is 0.243 e. The van der Waals surface area contributed by atoms with Gasteiger partial charge in [0.2, 0.25) is 10.0 Å². The first-order valence-electron chi connectivity index (χ1n) is 5.32. The Balaban J connectivity index is 3.23. The van der Waals surface area contributed by atoms with Crippen LogP contribution < -0.4 is 4.72 Å². The van der Waals surface area contributed by atoms with E-state index in [0.29, 0.717) is 0 Å². The Bertz CT molecular complexity index is 623. The fraction of sp³-hybridized carbons (Fsp3) is 0.333. The van der Waals surface area contributed by atoms with E-state index in [2.05, 4.69) is 10.6 Å². The molecule has 0 aliphatic rings. The number of sulfonamides is 1. The molecule has 7 heteroatoms. The van der Waals surface area contributed by atoms with Gasteiger partial charge >= 0.3 is 0 Å². The molecule has 0 heterocycles. The van der Waals surface area contributed by atoms with Gasteiger partial charge in [-0.15, -0.1) is 6.42 Å². The molecule has 1 rings (SSSR count). The summed E-state index contributed by atoms with van der Waals surface area (Å²) >= 11 is 11.2. The summed E-state index contributed by atoms with van der Waals surface area (Å²) in [5.41, 5.74) is 0. The lowest BCUT2D eigenvalue weighted by atomic mass is 10.1. The maximum absolute atomic E-state index is 13.5. The number of benzene rings is 1. The number of hydrogen-bond acceptors (Lipinski definition) is 2. The van der Waals surface area contributed by atoms with Gasteiger partial charge in [-0.1, -0.05) is 43.0 Å². The fourth-order valence-corrected chi connectivity index (χ4v) is 3.36. The molecule has 0 amide bonds. The lowest BCUT2D eigenvalue weighted by Gasteiger charge is -2.17. The van der Waals surface area contributed by atoms with Gasteiger partial charge in [0.1, 0.15) is 4.90 Å². The summed E-state index contributed by atoms with van der Waals surface area (Å²) in [6.45, 7) is 3.52. The summed E-state index contributed by atoms with van der Waals surface area (Å²) in [7, 11) is -4.01. The standard InChI is InChI=1S/C12H12Cl2FNO2S/c1-4-9(7(2)3)16-19(17,18)10-6-5-8(13)12(15)11(10)14/h1,5-7,9,16H,2-3H3. The Morgan fingerprint density at radius 2 is 1.95 bits per heavy atom. The number of hydrogen-bond donors (Lipinski definition) is 1. The van der Waals surface area contributed by atoms with Crippen LogP contribution >= 0.6 is 23.2 Å². The highest BCUT2D eigenvalue weighted by molar-refractivity contribution is 7.89. The van der Waals surface area contributed by atoms with Gasteiger partial charge < -0.3 is 0 Å². The molecule has 104 valence electrons. The van der Waals surface area contributed by atoms with Gasteiger partial charge in [-0.3, -0.25) is 0 Å². The molecule has 0 bridgehead atoms. The second kappa shape index (κ2) is 6.10. The van der Waals surface area contributed by atoms with Crippen LogP contribution in [0, 0.1) is 24.1 Å². The highest BCUT2D eigenvalue weighted by atomic mass is 35.5. The zero-order valence-corrected chi connectivity index (χ0v) is 12.6. The van der Waals surface area contributed by atoms with E-state index in [1.54, 1.807) is 13.8 Å². The molecule has 1 unspecified atom stereocenters. The van der Waals surface area contributed by atoms with Crippen molar-refractivity contribution in [2.45, 2.75) is 24.8 Å². The first-order chi connectivity index (χ1) is 8.70. The molecule has 0 radical (unpaired) electrons. The third kappa shape index (κ3) is 3.61. The van der Waals surface area contributed by atoms with Crippen molar-refractivity contribution in [3.05, 3.63) is 28.0 Å². The summed E-state index contributed by atoms with van der Waals surface area (Å²) in [4.78, 5) is -0.392. The third-order valence-electron chi connectivity index (χ3n) is 2.42. The van der Waals surface area contributed by atoms with E-state index >= 15 is 0 Å². The maximum atomic E-state index is 13.5. The zero-order chi connectivity index (χ0) is 14.8. The minimum atomic E-state index is -4.01. The Morgan fingerprint density at radius 3 is 2.42 bits per heavy atom. The highest BCUT2D eigenvalue weighted by Gasteiger charge is 2.25. The predicted octanol–water partition coefficient (Wildman–Crippen LogP) is 3.07. The van der Waals surface area contributed by atoms with Crippen LogP contribution in [0.4, 0.5) is 4.39 Å². The molecule has 1 aromatic rings. The van der Waals surface area contributed by atoms with E-state index < -0.39 is 31.8 Å². The van der Waals surface area contributed by atoms with Crippen molar-refractivity contribution in [3.8, 4) is 12.3 Å². The van der Waals surface area contributed by atoms with Gasteiger partial charge in [-0.2, -0.15) is 4.72 Å². The summed E-state index contributed by atoms with van der Waals surface area (Å²) in [6.07, 6.45) is 5.25. The summed E-state index contributed by atoms with van der Waals surface area (Å²) in [6, 6.07) is 1.54. The smallest absolute Gasteiger partial charge is 0.207 e. The molecular formula is C12H12Cl2FNO2S. The monoisotopic (exact) mass is 323 g/mol. The Kier molecular flexibility index (Phi) is 5.22. The van der Waals surface area contributed by atoms with Gasteiger partial charge in [-0.25, -0.2) is 12.8 Å². The lowest BCUT2D eigenvalue weighted by molar-refractivity contribution is 0.518. The van der Waals surface area contributed by atoms with Crippen LogP contribution in [0.2, 0.25) is 10.0 Å². The van der Waals surface area contributed by atoms with Crippen LogP contribution in [0.25, 0.3) is 0 Å². The molecule has 1 N–H and O–H groups in total. The van der Waals surface area contributed by atoms with Gasteiger partial charge in [0.05, 0.1) is 16.1 Å². The number of terminal acetylenes is 1. The normalized spacial score (nSPS) is 13.3. The van der Waals surface area contributed by atoms with Crippen LogP contribution in [-0.4, -0.2) is 14.5 Å². The van der Waals surface area contributed by atoms with Gasteiger partial charge in [-0.05, 0) is 18.1 Å². The fourth-order valence-electron chi connectivity index (χ4n) is 1.31. The molecule has 3 nitrogen and oxygen atoms in total. The number of nitrogens with one attached hydrogen (secondary N) is 1. The van der Waals surface area contributed by atoms with Crippen molar-refractivity contribution in [2.24, 2.45) is 5.92 Å². The molecule has 1 atom stereocenters. The Hall–Kier alpha value is -0.800. The number of rotatable bonds is 4. The molecule has 0 aromatic heterocycles. The summed E-state index contributed by atoms with van der Waals surface area (Å²) in [5, 5.41) is -0.805. The van der Waals surface area contributed by atoms with Crippen molar-refractivity contribution in [1.29, 1.82) is 0 Å². The molecule has 19 heavy (non-hydrogen) atoms. The summed E-state index contributed by atoms with van der Waals surface area (Å²) in [5.74, 6) is 1.23. The van der Waals surface area contributed by atoms with E-state index in [-0.39, 0.29) is 10.9 Å². The molecule has 1 aromatic carbocycles. The van der Waals surface area contributed by atoms with Gasteiger partial charge in [0.15, 0.2) is 5.82 Å². The van der Waals surface area contributed by atoms with E-state index in [1.165, 1.54) is 0 Å². The molecule has 0 saturated carbocycles. The average Bonchev–Trinajstić information content (AvgIpc) is 2.32. The van der Waals surface area contributed by atoms with Crippen molar-refractivity contribution in [2.75, 3.05) is 0 Å². The van der Waals surface area contributed by atoms with Crippen molar-refractivity contribution >= 4 is 33.2 Å². The quantitative estimate of drug-likeness (QED) is 0.683. The van der Waals surface area contributed by atoms with Crippen molar-refractivity contribution in [3.63, 3.8) is 0 Å². The lowest BCUT2D eigenvalue weighted by Crippen LogP contribution is -2.37. The molecule has 0 fully saturated rings. The average molecular weight is 324 g/mol. The van der Waals surface area contributed by atoms with Crippen LogP contribution in [0.15, 0.2) is 17.0 Å². The largest absolute Gasteiger partial charge is 0.243 e. The van der Waals surface area contributed by atoms with E-state index in [9.17, 15) is 12.8 Å². The van der Waals surface area contributed by atoms with Crippen LogP contribution in [-0.2, 0) is 10.0 Å². The molecule has 0 spiro atoms. The first-order valence-corrected chi connectivity index (χ1v) is 7.56. The predicted molar refractivity (Wildman–Crippen MR) is 74.2 cm³/mol. The second-order valence-corrected chi connectivity index (χ2v) is 6.65. The van der Waals surface area contributed by atoms with Crippen molar-refractivity contribution < 1.29 is 12.8 Å². The zero-order valence-electron chi connectivity index (χ0n) is 10.2. The van der Waals surface area contributed by atoms with Crippen LogP contribution in [0.3, 0.4) is 0 Å². The van der Waals surface area contributed by atoms with Crippen molar-refractivity contribution in [1.82, 2.24) is 4.72 Å². The second-order valence-electron chi connectivity index (χ2n) is 4.18. The molecular weight excluding hydrogens is 312 g/mol. The molecule has 0 aliphatic heterocycles. The molecule has 0 saturated heterocycles. The minimum Gasteiger partial charge on any atom is -0.207 e. The van der Waals surface area contributed by atoms with E-state index in [4.69, 9.17) is 29.6 Å². The van der Waals surface area contributed by atoms with E-state index in [0.717, 1.165) is 12.1 Å². The molecule has 0 aliphatic carbocycles. The SMILES string of the molecule is C#CC(NS(=O)(=O)c1ccc(Cl)c(F)c1Cl)C(C)C. The van der Waals surface area contributed by atoms with E-state index in [1.807, 2.05) is 0 Å². The Morgan fingerprint density at radius 1 is 1.37 bits per heavy atom. The minimum absolute atomic E-state index is 0.115. The van der Waals surface area contributed by atoms with Crippen LogP contribution in [0.1, 0.15) is 13.8 Å².